The second-order valence-corrected chi connectivity index (χ2v) is 8.34. The van der Waals surface area contributed by atoms with Crippen molar-refractivity contribution in [1.29, 1.82) is 0 Å². The van der Waals surface area contributed by atoms with E-state index < -0.39 is 29.9 Å². The predicted molar refractivity (Wildman–Crippen MR) is 115 cm³/mol. The number of carbonyl (C=O) groups is 1. The Labute approximate surface area is 174 Å². The lowest BCUT2D eigenvalue weighted by molar-refractivity contribution is 0.00578. The van der Waals surface area contributed by atoms with Crippen molar-refractivity contribution in [3.8, 4) is 11.3 Å². The Kier molecular flexibility index (Phi) is 4.83. The van der Waals surface area contributed by atoms with E-state index in [1.807, 2.05) is 58.0 Å². The zero-order chi connectivity index (χ0) is 21.7. The van der Waals surface area contributed by atoms with E-state index in [9.17, 15) is 9.59 Å². The van der Waals surface area contributed by atoms with E-state index >= 15 is 0 Å². The van der Waals surface area contributed by atoms with E-state index in [1.54, 1.807) is 18.2 Å². The van der Waals surface area contributed by atoms with Crippen LogP contribution in [0.3, 0.4) is 0 Å². The Morgan fingerprint density at radius 1 is 0.933 bits per heavy atom. The fraction of sp³-hybridized carbons (Fsp3) is 0.304. The second-order valence-electron chi connectivity index (χ2n) is 8.34. The summed E-state index contributed by atoms with van der Waals surface area (Å²) < 4.78 is 23.2. The summed E-state index contributed by atoms with van der Waals surface area (Å²) in [6.07, 6.45) is 0. The molecule has 0 bridgehead atoms. The molecule has 7 heteroatoms. The first kappa shape index (κ1) is 20.4. The highest BCUT2D eigenvalue weighted by Crippen LogP contribution is 2.38. The van der Waals surface area contributed by atoms with Gasteiger partial charge in [-0.15, -0.1) is 0 Å². The molecule has 4 rings (SSSR count). The van der Waals surface area contributed by atoms with Gasteiger partial charge in [0.15, 0.2) is 0 Å². The van der Waals surface area contributed by atoms with Crippen molar-refractivity contribution < 1.29 is 23.3 Å². The molecule has 1 saturated heterocycles. The molecule has 0 saturated carbocycles. The molecule has 6 nitrogen and oxygen atoms in total. The zero-order valence-electron chi connectivity index (χ0n) is 17.6. The normalized spacial score (nSPS) is 17.3. The monoisotopic (exact) mass is 406 g/mol. The Morgan fingerprint density at radius 3 is 2.17 bits per heavy atom. The van der Waals surface area contributed by atoms with Gasteiger partial charge >= 0.3 is 18.7 Å². The molecule has 0 atom stereocenters. The molecule has 0 spiro atoms. The van der Waals surface area contributed by atoms with Gasteiger partial charge in [-0.1, -0.05) is 30.3 Å². The van der Waals surface area contributed by atoms with Crippen LogP contribution in [-0.2, 0) is 14.0 Å². The summed E-state index contributed by atoms with van der Waals surface area (Å²) in [6, 6.07) is 14.0. The van der Waals surface area contributed by atoms with Crippen LogP contribution < -0.4 is 11.1 Å². The van der Waals surface area contributed by atoms with E-state index in [0.717, 1.165) is 0 Å². The fourth-order valence-electron chi connectivity index (χ4n) is 3.51. The SMILES string of the molecule is COC(=O)c1ccc2c(=O)oc(-c3ccccc3)c(B3OC(C)(C)C(C)(C)O3)c2c1. The first-order valence-electron chi connectivity index (χ1n) is 9.75. The highest BCUT2D eigenvalue weighted by Gasteiger charge is 2.53. The summed E-state index contributed by atoms with van der Waals surface area (Å²) in [5.41, 5.74) is -0.0694. The number of hydrogen-bond donors (Lipinski definition) is 0. The van der Waals surface area contributed by atoms with Crippen LogP contribution in [0.2, 0.25) is 0 Å². The zero-order valence-corrected chi connectivity index (χ0v) is 17.6. The molecule has 2 heterocycles. The van der Waals surface area contributed by atoms with Gasteiger partial charge in [-0.05, 0) is 51.3 Å². The van der Waals surface area contributed by atoms with Crippen LogP contribution in [0.1, 0.15) is 38.1 Å². The van der Waals surface area contributed by atoms with Crippen LogP contribution in [0, 0.1) is 0 Å². The first-order chi connectivity index (χ1) is 14.1. The number of esters is 1. The molecule has 1 fully saturated rings. The molecule has 0 amide bonds. The van der Waals surface area contributed by atoms with Gasteiger partial charge < -0.3 is 18.5 Å². The maximum absolute atomic E-state index is 12.8. The molecule has 154 valence electrons. The van der Waals surface area contributed by atoms with Crippen LogP contribution in [0.15, 0.2) is 57.7 Å². The van der Waals surface area contributed by atoms with Gasteiger partial charge in [0.1, 0.15) is 5.76 Å². The number of benzene rings is 2. The van der Waals surface area contributed by atoms with E-state index in [1.165, 1.54) is 7.11 Å². The van der Waals surface area contributed by atoms with Gasteiger partial charge in [-0.3, -0.25) is 0 Å². The standard InChI is InChI=1S/C23H23BO6/c1-22(2)23(3,4)30-24(29-22)18-17-13-15(20(25)27-5)11-12-16(17)21(26)28-19(18)14-9-7-6-8-10-14/h6-13H,1-5H3. The molecule has 3 aromatic rings. The number of hydrogen-bond acceptors (Lipinski definition) is 6. The van der Waals surface area contributed by atoms with E-state index in [2.05, 4.69) is 0 Å². The molecule has 0 radical (unpaired) electrons. The second kappa shape index (κ2) is 7.11. The molecule has 30 heavy (non-hydrogen) atoms. The van der Waals surface area contributed by atoms with Crippen molar-refractivity contribution in [2.24, 2.45) is 0 Å². The van der Waals surface area contributed by atoms with Crippen molar-refractivity contribution in [3.05, 3.63) is 64.5 Å². The van der Waals surface area contributed by atoms with Crippen molar-refractivity contribution in [2.45, 2.75) is 38.9 Å². The van der Waals surface area contributed by atoms with Gasteiger partial charge in [-0.25, -0.2) is 9.59 Å². The molecule has 1 aromatic heterocycles. The van der Waals surface area contributed by atoms with Crippen molar-refractivity contribution in [1.82, 2.24) is 0 Å². The summed E-state index contributed by atoms with van der Waals surface area (Å²) in [5, 5.41) is 0.874. The average molecular weight is 406 g/mol. The van der Waals surface area contributed by atoms with Gasteiger partial charge in [-0.2, -0.15) is 0 Å². The van der Waals surface area contributed by atoms with E-state index in [0.29, 0.717) is 33.1 Å². The summed E-state index contributed by atoms with van der Waals surface area (Å²) >= 11 is 0. The van der Waals surface area contributed by atoms with Crippen LogP contribution >= 0.6 is 0 Å². The summed E-state index contributed by atoms with van der Waals surface area (Å²) in [7, 11) is 0.529. The lowest BCUT2D eigenvalue weighted by atomic mass is 9.74. The van der Waals surface area contributed by atoms with Crippen LogP contribution in [-0.4, -0.2) is 31.4 Å². The number of fused-ring (bicyclic) bond motifs is 1. The number of ether oxygens (including phenoxy) is 1. The molecule has 2 aromatic carbocycles. The fourth-order valence-corrected chi connectivity index (χ4v) is 3.51. The van der Waals surface area contributed by atoms with Gasteiger partial charge in [0.25, 0.3) is 0 Å². The maximum atomic E-state index is 12.8. The topological polar surface area (TPSA) is 75.0 Å². The summed E-state index contributed by atoms with van der Waals surface area (Å²) in [5.74, 6) is -0.139. The lowest BCUT2D eigenvalue weighted by Gasteiger charge is -2.32. The van der Waals surface area contributed by atoms with Crippen LogP contribution in [0.5, 0.6) is 0 Å². The summed E-state index contributed by atoms with van der Waals surface area (Å²) in [6.45, 7) is 7.82. The predicted octanol–water partition coefficient (Wildman–Crippen LogP) is 3.55. The molecular weight excluding hydrogens is 383 g/mol. The molecule has 0 aliphatic carbocycles. The largest absolute Gasteiger partial charge is 0.499 e. The highest BCUT2D eigenvalue weighted by molar-refractivity contribution is 6.66. The Bertz CT molecular complexity index is 1160. The third-order valence-corrected chi connectivity index (χ3v) is 5.92. The molecule has 1 aliphatic rings. The third kappa shape index (κ3) is 3.24. The minimum absolute atomic E-state index is 0.326. The number of carbonyl (C=O) groups excluding carboxylic acids is 1. The number of rotatable bonds is 3. The first-order valence-corrected chi connectivity index (χ1v) is 9.75. The average Bonchev–Trinajstić information content (AvgIpc) is 2.94. The Hall–Kier alpha value is -2.90. The smallest absolute Gasteiger partial charge is 0.465 e. The molecule has 0 N–H and O–H groups in total. The Balaban J connectivity index is 2.05. The van der Waals surface area contributed by atoms with Crippen molar-refractivity contribution >= 4 is 29.3 Å². The van der Waals surface area contributed by atoms with Gasteiger partial charge in [0.2, 0.25) is 0 Å². The third-order valence-electron chi connectivity index (χ3n) is 5.92. The van der Waals surface area contributed by atoms with Crippen molar-refractivity contribution in [3.63, 3.8) is 0 Å². The minimum Gasteiger partial charge on any atom is -0.465 e. The van der Waals surface area contributed by atoms with Crippen molar-refractivity contribution in [2.75, 3.05) is 7.11 Å². The Morgan fingerprint density at radius 2 is 1.57 bits per heavy atom. The molecular formula is C23H23BO6. The minimum atomic E-state index is -0.787. The van der Waals surface area contributed by atoms with Gasteiger partial charge in [0.05, 0.1) is 29.3 Å². The van der Waals surface area contributed by atoms with Crippen LogP contribution in [0.25, 0.3) is 22.1 Å². The van der Waals surface area contributed by atoms with Crippen LogP contribution in [0.4, 0.5) is 0 Å². The quantitative estimate of drug-likeness (QED) is 0.489. The van der Waals surface area contributed by atoms with E-state index in [-0.39, 0.29) is 0 Å². The van der Waals surface area contributed by atoms with E-state index in [4.69, 9.17) is 18.5 Å². The van der Waals surface area contributed by atoms with Gasteiger partial charge in [0, 0.05) is 11.0 Å². The highest BCUT2D eigenvalue weighted by atomic mass is 16.7. The lowest BCUT2D eigenvalue weighted by Crippen LogP contribution is -2.41. The maximum Gasteiger partial charge on any atom is 0.499 e. The summed E-state index contributed by atoms with van der Waals surface area (Å²) in [4.78, 5) is 24.9. The molecule has 1 aliphatic heterocycles. The molecule has 0 unspecified atom stereocenters. The number of methoxy groups -OCH3 is 1.